The third-order valence-corrected chi connectivity index (χ3v) is 5.19. The Morgan fingerprint density at radius 1 is 1.12 bits per heavy atom. The van der Waals surface area contributed by atoms with Crippen molar-refractivity contribution < 1.29 is 14.0 Å². The first-order valence-corrected chi connectivity index (χ1v) is 8.95. The van der Waals surface area contributed by atoms with Gasteiger partial charge in [0, 0.05) is 29.7 Å². The highest BCUT2D eigenvalue weighted by Crippen LogP contribution is 2.26. The van der Waals surface area contributed by atoms with Gasteiger partial charge in [-0.3, -0.25) is 9.59 Å². The van der Waals surface area contributed by atoms with Crippen molar-refractivity contribution >= 4 is 29.1 Å². The molecular weight excluding hydrogens is 355 g/mol. The number of halogens is 2. The van der Waals surface area contributed by atoms with Gasteiger partial charge < -0.3 is 10.2 Å². The number of rotatable bonds is 3. The van der Waals surface area contributed by atoms with Gasteiger partial charge in [0.25, 0.3) is 5.91 Å². The van der Waals surface area contributed by atoms with Crippen molar-refractivity contribution in [1.29, 1.82) is 0 Å². The van der Waals surface area contributed by atoms with Crippen LogP contribution in [0.3, 0.4) is 0 Å². The number of carbonyl (C=O) groups is 2. The lowest BCUT2D eigenvalue weighted by atomic mass is 9.95. The first kappa shape index (κ1) is 18.4. The summed E-state index contributed by atoms with van der Waals surface area (Å²) in [5, 5.41) is 3.52. The summed E-state index contributed by atoms with van der Waals surface area (Å²) in [6, 6.07) is 11.3. The summed E-state index contributed by atoms with van der Waals surface area (Å²) in [7, 11) is 0. The second-order valence-corrected chi connectivity index (χ2v) is 6.86. The molecule has 1 aliphatic rings. The molecule has 1 N–H and O–H groups in total. The van der Waals surface area contributed by atoms with Gasteiger partial charge in [0.15, 0.2) is 0 Å². The van der Waals surface area contributed by atoms with Gasteiger partial charge in [0.1, 0.15) is 5.82 Å². The van der Waals surface area contributed by atoms with E-state index in [1.807, 2.05) is 13.0 Å². The van der Waals surface area contributed by atoms with Crippen LogP contribution in [0.25, 0.3) is 0 Å². The predicted molar refractivity (Wildman–Crippen MR) is 99.8 cm³/mol. The van der Waals surface area contributed by atoms with Gasteiger partial charge in [-0.25, -0.2) is 4.39 Å². The number of piperidine rings is 1. The quantitative estimate of drug-likeness (QED) is 0.871. The zero-order chi connectivity index (χ0) is 18.7. The maximum absolute atomic E-state index is 13.8. The van der Waals surface area contributed by atoms with Gasteiger partial charge >= 0.3 is 0 Å². The maximum atomic E-state index is 13.8. The minimum Gasteiger partial charge on any atom is -0.339 e. The largest absolute Gasteiger partial charge is 0.339 e. The fourth-order valence-corrected chi connectivity index (χ4v) is 3.30. The molecule has 136 valence electrons. The number of benzene rings is 2. The molecule has 0 spiro atoms. The average molecular weight is 375 g/mol. The van der Waals surface area contributed by atoms with Gasteiger partial charge in [0.2, 0.25) is 5.91 Å². The van der Waals surface area contributed by atoms with E-state index in [-0.39, 0.29) is 23.3 Å². The summed E-state index contributed by atoms with van der Waals surface area (Å²) in [6.07, 6.45) is 1.09. The van der Waals surface area contributed by atoms with E-state index in [9.17, 15) is 14.0 Å². The fourth-order valence-electron chi connectivity index (χ4n) is 3.13. The Hall–Kier alpha value is -2.40. The van der Waals surface area contributed by atoms with E-state index in [4.69, 9.17) is 11.6 Å². The molecule has 3 rings (SSSR count). The lowest BCUT2D eigenvalue weighted by Gasteiger charge is -2.31. The smallest absolute Gasteiger partial charge is 0.256 e. The summed E-state index contributed by atoms with van der Waals surface area (Å²) in [4.78, 5) is 26.6. The molecule has 6 heteroatoms. The van der Waals surface area contributed by atoms with Crippen molar-refractivity contribution in [2.24, 2.45) is 5.92 Å². The van der Waals surface area contributed by atoms with E-state index in [2.05, 4.69) is 5.32 Å². The Morgan fingerprint density at radius 3 is 2.50 bits per heavy atom. The monoisotopic (exact) mass is 374 g/mol. The zero-order valence-corrected chi connectivity index (χ0v) is 15.2. The van der Waals surface area contributed by atoms with Crippen molar-refractivity contribution in [2.45, 2.75) is 19.8 Å². The third kappa shape index (κ3) is 3.88. The highest BCUT2D eigenvalue weighted by molar-refractivity contribution is 6.31. The second-order valence-electron chi connectivity index (χ2n) is 6.45. The second kappa shape index (κ2) is 7.87. The van der Waals surface area contributed by atoms with Crippen LogP contribution in [-0.2, 0) is 4.79 Å². The minimum absolute atomic E-state index is 0.0740. The molecule has 0 saturated carbocycles. The Kier molecular flexibility index (Phi) is 5.57. The molecular formula is C20H20ClFN2O2. The number of likely N-dealkylation sites (tertiary alicyclic amines) is 1. The van der Waals surface area contributed by atoms with Gasteiger partial charge in [-0.15, -0.1) is 0 Å². The van der Waals surface area contributed by atoms with Crippen LogP contribution in [0.2, 0.25) is 5.02 Å². The van der Waals surface area contributed by atoms with Crippen LogP contribution in [0, 0.1) is 18.7 Å². The molecule has 1 saturated heterocycles. The van der Waals surface area contributed by atoms with Gasteiger partial charge in [-0.1, -0.05) is 29.8 Å². The molecule has 0 radical (unpaired) electrons. The molecule has 0 unspecified atom stereocenters. The fraction of sp³-hybridized carbons (Fsp3) is 0.300. The number of hydrogen-bond acceptors (Lipinski definition) is 2. The summed E-state index contributed by atoms with van der Waals surface area (Å²) in [5.74, 6) is -1.10. The first-order valence-electron chi connectivity index (χ1n) is 8.57. The third-order valence-electron chi connectivity index (χ3n) is 4.78. The number of amides is 2. The SMILES string of the molecule is Cc1c(Cl)cccc1NC(=O)C1CCN(C(=O)c2ccccc2F)CC1. The van der Waals surface area contributed by atoms with Crippen molar-refractivity contribution in [1.82, 2.24) is 4.90 Å². The average Bonchev–Trinajstić information content (AvgIpc) is 2.65. The molecule has 2 aromatic carbocycles. The lowest BCUT2D eigenvalue weighted by Crippen LogP contribution is -2.41. The zero-order valence-electron chi connectivity index (χ0n) is 14.5. The maximum Gasteiger partial charge on any atom is 0.256 e. The van der Waals surface area contributed by atoms with E-state index in [0.717, 1.165) is 5.56 Å². The molecule has 1 aliphatic heterocycles. The minimum atomic E-state index is -0.520. The highest BCUT2D eigenvalue weighted by atomic mass is 35.5. The van der Waals surface area contributed by atoms with Crippen LogP contribution in [0.15, 0.2) is 42.5 Å². The Labute approximate surface area is 157 Å². The lowest BCUT2D eigenvalue weighted by molar-refractivity contribution is -0.121. The van der Waals surface area contributed by atoms with Crippen LogP contribution in [-0.4, -0.2) is 29.8 Å². The molecule has 1 heterocycles. The van der Waals surface area contributed by atoms with Crippen LogP contribution in [0.4, 0.5) is 10.1 Å². The Morgan fingerprint density at radius 2 is 1.81 bits per heavy atom. The van der Waals surface area contributed by atoms with Crippen molar-refractivity contribution in [3.63, 3.8) is 0 Å². The number of nitrogens with zero attached hydrogens (tertiary/aromatic N) is 1. The summed E-state index contributed by atoms with van der Waals surface area (Å²) in [5.41, 5.74) is 1.60. The van der Waals surface area contributed by atoms with E-state index in [1.165, 1.54) is 12.1 Å². The highest BCUT2D eigenvalue weighted by Gasteiger charge is 2.29. The molecule has 0 aromatic heterocycles. The van der Waals surface area contributed by atoms with Crippen LogP contribution >= 0.6 is 11.6 Å². The van der Waals surface area contributed by atoms with Crippen molar-refractivity contribution in [2.75, 3.05) is 18.4 Å². The summed E-state index contributed by atoms with van der Waals surface area (Å²) < 4.78 is 13.8. The molecule has 0 atom stereocenters. The van der Waals surface area contributed by atoms with Gasteiger partial charge in [-0.05, 0) is 49.6 Å². The van der Waals surface area contributed by atoms with Gasteiger partial charge in [0.05, 0.1) is 5.56 Å². The van der Waals surface area contributed by atoms with E-state index in [0.29, 0.717) is 36.6 Å². The molecule has 26 heavy (non-hydrogen) atoms. The summed E-state index contributed by atoms with van der Waals surface area (Å²) in [6.45, 7) is 2.72. The van der Waals surface area contributed by atoms with Crippen LogP contribution in [0.5, 0.6) is 0 Å². The van der Waals surface area contributed by atoms with Crippen LogP contribution in [0.1, 0.15) is 28.8 Å². The Balaban J connectivity index is 1.60. The van der Waals surface area contributed by atoms with Crippen molar-refractivity contribution in [3.8, 4) is 0 Å². The van der Waals surface area contributed by atoms with E-state index >= 15 is 0 Å². The first-order chi connectivity index (χ1) is 12.5. The predicted octanol–water partition coefficient (Wildman–Crippen LogP) is 4.28. The summed E-state index contributed by atoms with van der Waals surface area (Å²) >= 11 is 6.08. The number of carbonyl (C=O) groups excluding carboxylic acids is 2. The molecule has 0 bridgehead atoms. The standard InChI is InChI=1S/C20H20ClFN2O2/c1-13-16(21)6-4-8-18(13)23-19(25)14-9-11-24(12-10-14)20(26)15-5-2-3-7-17(15)22/h2-8,14H,9-12H2,1H3,(H,23,25). The molecule has 2 aromatic rings. The molecule has 0 aliphatic carbocycles. The molecule has 2 amide bonds. The normalized spacial score (nSPS) is 15.0. The van der Waals surface area contributed by atoms with Crippen LogP contribution < -0.4 is 5.32 Å². The molecule has 1 fully saturated rings. The van der Waals surface area contributed by atoms with Crippen molar-refractivity contribution in [3.05, 3.63) is 64.4 Å². The molecule has 4 nitrogen and oxygen atoms in total. The topological polar surface area (TPSA) is 49.4 Å². The van der Waals surface area contributed by atoms with E-state index < -0.39 is 5.82 Å². The van der Waals surface area contributed by atoms with Gasteiger partial charge in [-0.2, -0.15) is 0 Å². The number of hydrogen-bond donors (Lipinski definition) is 1. The number of anilines is 1. The Bertz CT molecular complexity index is 832. The van der Waals surface area contributed by atoms with E-state index in [1.54, 1.807) is 29.2 Å². The number of nitrogens with one attached hydrogen (secondary N) is 1.